The topological polar surface area (TPSA) is 75.6 Å². The molecule has 0 bridgehead atoms. The molecule has 1 saturated heterocycles. The Morgan fingerprint density at radius 1 is 1.35 bits per heavy atom. The van der Waals surface area contributed by atoms with Crippen molar-refractivity contribution in [2.75, 3.05) is 19.7 Å². The van der Waals surface area contributed by atoms with Crippen molar-refractivity contribution in [3.63, 3.8) is 0 Å². The molecule has 1 aromatic carbocycles. The number of para-hydroxylation sites is 1. The molecule has 2 aromatic rings. The first-order chi connectivity index (χ1) is 11.1. The van der Waals surface area contributed by atoms with Crippen LogP contribution in [0.3, 0.4) is 0 Å². The molecule has 1 fully saturated rings. The first-order valence-corrected chi connectivity index (χ1v) is 7.55. The molecule has 0 radical (unpaired) electrons. The molecule has 1 aromatic heterocycles. The average molecular weight is 313 g/mol. The van der Waals surface area contributed by atoms with Crippen molar-refractivity contribution < 1.29 is 14.6 Å². The Balaban J connectivity index is 1.62. The molecule has 1 aliphatic heterocycles. The number of rotatable bonds is 4. The standard InChI is InChI=1S/C17H19N3O3/c1-13-7-9-18-15(19-13)16(21)20-10-8-17(22,11-20)12-23-14-5-3-2-4-6-14/h2-7,9,22H,8,10-12H2,1H3. The van der Waals surface area contributed by atoms with Gasteiger partial charge in [0, 0.05) is 18.4 Å². The summed E-state index contributed by atoms with van der Waals surface area (Å²) < 4.78 is 5.63. The van der Waals surface area contributed by atoms with Crippen LogP contribution in [0.4, 0.5) is 0 Å². The molecule has 0 aliphatic carbocycles. The Kier molecular flexibility index (Phi) is 4.25. The Bertz CT molecular complexity index is 692. The molecular formula is C17H19N3O3. The van der Waals surface area contributed by atoms with Gasteiger partial charge in [0.15, 0.2) is 0 Å². The summed E-state index contributed by atoms with van der Waals surface area (Å²) in [5, 5.41) is 10.6. The maximum Gasteiger partial charge on any atom is 0.291 e. The van der Waals surface area contributed by atoms with Gasteiger partial charge in [-0.05, 0) is 31.5 Å². The molecule has 1 N–H and O–H groups in total. The quantitative estimate of drug-likeness (QED) is 0.924. The van der Waals surface area contributed by atoms with Gasteiger partial charge >= 0.3 is 0 Å². The van der Waals surface area contributed by atoms with Crippen LogP contribution in [0.25, 0.3) is 0 Å². The molecular weight excluding hydrogens is 294 g/mol. The van der Waals surface area contributed by atoms with Gasteiger partial charge in [-0.2, -0.15) is 0 Å². The number of benzene rings is 1. The first-order valence-electron chi connectivity index (χ1n) is 7.55. The number of likely N-dealkylation sites (tertiary alicyclic amines) is 1. The first kappa shape index (κ1) is 15.4. The fourth-order valence-corrected chi connectivity index (χ4v) is 2.58. The third-order valence-corrected chi connectivity index (χ3v) is 3.86. The van der Waals surface area contributed by atoms with E-state index in [1.165, 1.54) is 0 Å². The Morgan fingerprint density at radius 2 is 2.13 bits per heavy atom. The Hall–Kier alpha value is -2.47. The second-order valence-electron chi connectivity index (χ2n) is 5.82. The summed E-state index contributed by atoms with van der Waals surface area (Å²) in [7, 11) is 0. The number of carbonyl (C=O) groups is 1. The highest BCUT2D eigenvalue weighted by molar-refractivity contribution is 5.90. The van der Waals surface area contributed by atoms with Gasteiger partial charge < -0.3 is 14.7 Å². The van der Waals surface area contributed by atoms with E-state index in [9.17, 15) is 9.90 Å². The van der Waals surface area contributed by atoms with Gasteiger partial charge in [0.25, 0.3) is 5.91 Å². The van der Waals surface area contributed by atoms with Crippen molar-refractivity contribution in [1.82, 2.24) is 14.9 Å². The maximum atomic E-state index is 12.4. The van der Waals surface area contributed by atoms with Crippen LogP contribution in [-0.4, -0.2) is 51.2 Å². The smallest absolute Gasteiger partial charge is 0.291 e. The van der Waals surface area contributed by atoms with E-state index in [0.717, 1.165) is 5.69 Å². The lowest BCUT2D eigenvalue weighted by molar-refractivity contribution is 0.00419. The number of aryl methyl sites for hydroxylation is 1. The van der Waals surface area contributed by atoms with E-state index < -0.39 is 5.60 Å². The lowest BCUT2D eigenvalue weighted by atomic mass is 10.1. The average Bonchev–Trinajstić information content (AvgIpc) is 2.96. The zero-order chi connectivity index (χ0) is 16.3. The Morgan fingerprint density at radius 3 is 2.87 bits per heavy atom. The predicted octanol–water partition coefficient (Wildman–Crippen LogP) is 1.44. The van der Waals surface area contributed by atoms with Crippen LogP contribution in [0.1, 0.15) is 22.7 Å². The maximum absolute atomic E-state index is 12.4. The number of aromatic nitrogens is 2. The van der Waals surface area contributed by atoms with Crippen LogP contribution in [0.5, 0.6) is 5.75 Å². The molecule has 6 nitrogen and oxygen atoms in total. The van der Waals surface area contributed by atoms with Gasteiger partial charge in [0.2, 0.25) is 5.82 Å². The summed E-state index contributed by atoms with van der Waals surface area (Å²) in [6.45, 7) is 2.64. The molecule has 1 unspecified atom stereocenters. The number of carbonyl (C=O) groups excluding carboxylic acids is 1. The molecule has 3 rings (SSSR count). The van der Waals surface area contributed by atoms with Crippen LogP contribution < -0.4 is 4.74 Å². The minimum atomic E-state index is -1.05. The zero-order valence-corrected chi connectivity index (χ0v) is 13.0. The number of β-amino-alcohol motifs (C(OH)–C–C–N with tert-alkyl or cyclic N) is 1. The van der Waals surface area contributed by atoms with Crippen molar-refractivity contribution in [1.29, 1.82) is 0 Å². The lowest BCUT2D eigenvalue weighted by Gasteiger charge is -2.23. The van der Waals surface area contributed by atoms with Crippen LogP contribution in [0, 0.1) is 6.92 Å². The lowest BCUT2D eigenvalue weighted by Crippen LogP contribution is -2.41. The molecule has 120 valence electrons. The van der Waals surface area contributed by atoms with Crippen molar-refractivity contribution in [2.24, 2.45) is 0 Å². The predicted molar refractivity (Wildman–Crippen MR) is 84.2 cm³/mol. The normalized spacial score (nSPS) is 20.5. The van der Waals surface area contributed by atoms with E-state index in [1.807, 2.05) is 37.3 Å². The third-order valence-electron chi connectivity index (χ3n) is 3.86. The van der Waals surface area contributed by atoms with Crippen molar-refractivity contribution in [3.05, 3.63) is 54.1 Å². The summed E-state index contributed by atoms with van der Waals surface area (Å²) in [5.74, 6) is 0.607. The number of aliphatic hydroxyl groups is 1. The second-order valence-corrected chi connectivity index (χ2v) is 5.82. The molecule has 1 amide bonds. The number of hydrogen-bond acceptors (Lipinski definition) is 5. The van der Waals surface area contributed by atoms with E-state index in [4.69, 9.17) is 4.74 Å². The minimum absolute atomic E-state index is 0.148. The van der Waals surface area contributed by atoms with Gasteiger partial charge in [0.1, 0.15) is 18.0 Å². The van der Waals surface area contributed by atoms with Crippen LogP contribution >= 0.6 is 0 Å². The van der Waals surface area contributed by atoms with Crippen LogP contribution in [-0.2, 0) is 0 Å². The SMILES string of the molecule is Cc1ccnc(C(=O)N2CCC(O)(COc3ccccc3)C2)n1. The van der Waals surface area contributed by atoms with Gasteiger partial charge in [-0.25, -0.2) is 9.97 Å². The van der Waals surface area contributed by atoms with E-state index in [2.05, 4.69) is 9.97 Å². The summed E-state index contributed by atoms with van der Waals surface area (Å²) in [4.78, 5) is 22.1. The van der Waals surface area contributed by atoms with Gasteiger partial charge in [-0.1, -0.05) is 18.2 Å². The number of nitrogens with zero attached hydrogens (tertiary/aromatic N) is 3. The van der Waals surface area contributed by atoms with Crippen molar-refractivity contribution in [3.8, 4) is 5.75 Å². The zero-order valence-electron chi connectivity index (χ0n) is 13.0. The van der Waals surface area contributed by atoms with E-state index in [0.29, 0.717) is 18.7 Å². The molecule has 0 saturated carbocycles. The van der Waals surface area contributed by atoms with E-state index >= 15 is 0 Å². The molecule has 0 spiro atoms. The second kappa shape index (κ2) is 6.34. The van der Waals surface area contributed by atoms with Crippen molar-refractivity contribution >= 4 is 5.91 Å². The van der Waals surface area contributed by atoms with Crippen LogP contribution in [0.15, 0.2) is 42.6 Å². The minimum Gasteiger partial charge on any atom is -0.491 e. The number of amides is 1. The molecule has 1 atom stereocenters. The molecule has 23 heavy (non-hydrogen) atoms. The molecule has 6 heteroatoms. The number of ether oxygens (including phenoxy) is 1. The van der Waals surface area contributed by atoms with Gasteiger partial charge in [-0.3, -0.25) is 4.79 Å². The summed E-state index contributed by atoms with van der Waals surface area (Å²) in [6, 6.07) is 11.1. The highest BCUT2D eigenvalue weighted by Gasteiger charge is 2.39. The third kappa shape index (κ3) is 3.65. The van der Waals surface area contributed by atoms with Gasteiger partial charge in [0.05, 0.1) is 6.54 Å². The monoisotopic (exact) mass is 313 g/mol. The summed E-state index contributed by atoms with van der Waals surface area (Å²) in [5.41, 5.74) is -0.305. The number of hydrogen-bond donors (Lipinski definition) is 1. The Labute approximate surface area is 134 Å². The highest BCUT2D eigenvalue weighted by atomic mass is 16.5. The van der Waals surface area contributed by atoms with Crippen molar-refractivity contribution in [2.45, 2.75) is 18.9 Å². The largest absolute Gasteiger partial charge is 0.491 e. The van der Waals surface area contributed by atoms with Crippen LogP contribution in [0.2, 0.25) is 0 Å². The molecule has 1 aliphatic rings. The van der Waals surface area contributed by atoms with E-state index in [-0.39, 0.29) is 24.9 Å². The van der Waals surface area contributed by atoms with Gasteiger partial charge in [-0.15, -0.1) is 0 Å². The highest BCUT2D eigenvalue weighted by Crippen LogP contribution is 2.24. The summed E-state index contributed by atoms with van der Waals surface area (Å²) >= 11 is 0. The van der Waals surface area contributed by atoms with E-state index in [1.54, 1.807) is 17.2 Å². The molecule has 2 heterocycles. The fraction of sp³-hybridized carbons (Fsp3) is 0.353. The summed E-state index contributed by atoms with van der Waals surface area (Å²) in [6.07, 6.45) is 2.04. The fourth-order valence-electron chi connectivity index (χ4n) is 2.58.